The van der Waals surface area contributed by atoms with Gasteiger partial charge in [-0.2, -0.15) is 17.5 Å². The first-order valence-corrected chi connectivity index (χ1v) is 10.6. The Morgan fingerprint density at radius 1 is 1.25 bits per heavy atom. The molecule has 0 aliphatic carbocycles. The smallest absolute Gasteiger partial charge is 0.356 e. The van der Waals surface area contributed by atoms with E-state index in [9.17, 15) is 21.6 Å². The summed E-state index contributed by atoms with van der Waals surface area (Å²) in [6.07, 6.45) is 1.38. The lowest BCUT2D eigenvalue weighted by Crippen LogP contribution is -2.51. The summed E-state index contributed by atoms with van der Waals surface area (Å²) in [5.74, 6) is 0.557. The number of hydrogen-bond donors (Lipinski definition) is 2. The Labute approximate surface area is 164 Å². The molecule has 0 spiro atoms. The van der Waals surface area contributed by atoms with Gasteiger partial charge in [0.05, 0.1) is 0 Å². The van der Waals surface area contributed by atoms with Crippen molar-refractivity contribution in [3.63, 3.8) is 0 Å². The van der Waals surface area contributed by atoms with Crippen LogP contribution in [0, 0.1) is 13.8 Å². The molecule has 0 atom stereocenters. The Morgan fingerprint density at radius 3 is 2.43 bits per heavy atom. The van der Waals surface area contributed by atoms with E-state index >= 15 is 0 Å². The van der Waals surface area contributed by atoms with Crippen LogP contribution in [0.1, 0.15) is 29.5 Å². The van der Waals surface area contributed by atoms with Gasteiger partial charge >= 0.3 is 15.5 Å². The van der Waals surface area contributed by atoms with Crippen LogP contribution < -0.4 is 10.6 Å². The Bertz CT molecular complexity index is 802. The predicted octanol–water partition coefficient (Wildman–Crippen LogP) is 2.32. The highest BCUT2D eigenvalue weighted by molar-refractivity contribution is 7.90. The molecule has 0 unspecified atom stereocenters. The van der Waals surface area contributed by atoms with E-state index in [2.05, 4.69) is 40.7 Å². The number of sulfonamides is 1. The van der Waals surface area contributed by atoms with Crippen LogP contribution in [0.15, 0.2) is 23.2 Å². The van der Waals surface area contributed by atoms with Crippen molar-refractivity contribution in [1.82, 2.24) is 14.9 Å². The molecule has 1 aromatic rings. The van der Waals surface area contributed by atoms with Crippen LogP contribution in [0.2, 0.25) is 0 Å². The first-order valence-electron chi connectivity index (χ1n) is 9.14. The Hall–Kier alpha value is -1.81. The normalized spacial score (nSPS) is 17.6. The highest BCUT2D eigenvalue weighted by Crippen LogP contribution is 2.28. The van der Waals surface area contributed by atoms with Crippen LogP contribution in [0.25, 0.3) is 0 Å². The van der Waals surface area contributed by atoms with Crippen LogP contribution in [-0.2, 0) is 16.4 Å². The molecule has 6 nitrogen and oxygen atoms in total. The van der Waals surface area contributed by atoms with Crippen molar-refractivity contribution in [3.8, 4) is 0 Å². The largest absolute Gasteiger partial charge is 0.511 e. The third-order valence-corrected chi connectivity index (χ3v) is 6.47. The number of halogens is 3. The average molecular weight is 421 g/mol. The Morgan fingerprint density at radius 2 is 1.89 bits per heavy atom. The molecule has 2 rings (SSSR count). The second kappa shape index (κ2) is 9.13. The lowest BCUT2D eigenvalue weighted by atomic mass is 10.0. The molecular weight excluding hydrogens is 393 g/mol. The quantitative estimate of drug-likeness (QED) is 0.567. The van der Waals surface area contributed by atoms with Gasteiger partial charge in [0.2, 0.25) is 0 Å². The Kier molecular flexibility index (Phi) is 7.33. The highest BCUT2D eigenvalue weighted by atomic mass is 32.2. The third kappa shape index (κ3) is 5.60. The predicted molar refractivity (Wildman–Crippen MR) is 104 cm³/mol. The zero-order valence-corrected chi connectivity index (χ0v) is 17.1. The fourth-order valence-electron chi connectivity index (χ4n) is 3.22. The number of nitrogens with zero attached hydrogens (tertiary/aromatic N) is 2. The maximum absolute atomic E-state index is 12.6. The molecule has 0 bridgehead atoms. The molecule has 1 aliphatic rings. The van der Waals surface area contributed by atoms with Gasteiger partial charge < -0.3 is 10.6 Å². The molecule has 0 radical (unpaired) electrons. The van der Waals surface area contributed by atoms with E-state index in [0.29, 0.717) is 16.8 Å². The van der Waals surface area contributed by atoms with E-state index in [-0.39, 0.29) is 32.0 Å². The van der Waals surface area contributed by atoms with Gasteiger partial charge in [0.15, 0.2) is 5.96 Å². The average Bonchev–Trinajstić information content (AvgIpc) is 2.62. The summed E-state index contributed by atoms with van der Waals surface area (Å²) in [6, 6.07) is 6.16. The van der Waals surface area contributed by atoms with Crippen molar-refractivity contribution in [2.75, 3.05) is 26.7 Å². The number of aliphatic imine (C=N–C) groups is 1. The minimum Gasteiger partial charge on any atom is -0.356 e. The number of piperidine rings is 1. The summed E-state index contributed by atoms with van der Waals surface area (Å²) >= 11 is 0. The van der Waals surface area contributed by atoms with E-state index in [0.717, 1.165) is 6.42 Å². The van der Waals surface area contributed by atoms with E-state index in [1.54, 1.807) is 7.05 Å². The number of alkyl halides is 3. The van der Waals surface area contributed by atoms with Crippen LogP contribution >= 0.6 is 0 Å². The van der Waals surface area contributed by atoms with Gasteiger partial charge in [-0.05, 0) is 44.2 Å². The van der Waals surface area contributed by atoms with E-state index in [4.69, 9.17) is 0 Å². The van der Waals surface area contributed by atoms with Crippen molar-refractivity contribution in [2.24, 2.45) is 4.99 Å². The molecule has 28 heavy (non-hydrogen) atoms. The maximum atomic E-state index is 12.6. The lowest BCUT2D eigenvalue weighted by Gasteiger charge is -2.32. The van der Waals surface area contributed by atoms with Gasteiger partial charge in [-0.1, -0.05) is 23.8 Å². The number of nitrogens with one attached hydrogen (secondary N) is 2. The monoisotopic (exact) mass is 420 g/mol. The van der Waals surface area contributed by atoms with Crippen molar-refractivity contribution >= 4 is 16.0 Å². The van der Waals surface area contributed by atoms with E-state index < -0.39 is 15.5 Å². The molecule has 1 aliphatic heterocycles. The molecule has 0 saturated carbocycles. The van der Waals surface area contributed by atoms with Gasteiger partial charge in [0.1, 0.15) is 0 Å². The minimum absolute atomic E-state index is 0.132. The molecule has 158 valence electrons. The molecule has 1 aromatic carbocycles. The third-order valence-electron chi connectivity index (χ3n) is 4.84. The van der Waals surface area contributed by atoms with E-state index in [1.165, 1.54) is 16.7 Å². The van der Waals surface area contributed by atoms with Crippen molar-refractivity contribution in [1.29, 1.82) is 0 Å². The zero-order valence-electron chi connectivity index (χ0n) is 16.3. The van der Waals surface area contributed by atoms with Gasteiger partial charge in [-0.25, -0.2) is 8.42 Å². The van der Waals surface area contributed by atoms with Gasteiger partial charge in [-0.15, -0.1) is 0 Å². The number of rotatable bonds is 5. The summed E-state index contributed by atoms with van der Waals surface area (Å²) in [5.41, 5.74) is -1.58. The standard InChI is InChI=1S/C18H27F3N4O2S/c1-13-4-5-15(14(2)12-13)6-9-23-17(22-3)24-16-7-10-25(11-8-16)28(26,27)18(19,20)21/h4-5,12,16H,6-11H2,1-3H3,(H2,22,23,24). The SMILES string of the molecule is CN=C(NCCc1ccc(C)cc1C)NC1CCN(S(=O)(=O)C(F)(F)F)CC1. The fraction of sp³-hybridized carbons (Fsp3) is 0.611. The first-order chi connectivity index (χ1) is 13.0. The summed E-state index contributed by atoms with van der Waals surface area (Å²) in [7, 11) is -3.63. The number of hydrogen-bond acceptors (Lipinski definition) is 3. The first kappa shape index (κ1) is 22.5. The molecule has 0 amide bonds. The number of benzene rings is 1. The molecule has 10 heteroatoms. The van der Waals surface area contributed by atoms with Crippen molar-refractivity contribution in [2.45, 2.75) is 44.7 Å². The topological polar surface area (TPSA) is 73.8 Å². The summed E-state index contributed by atoms with van der Waals surface area (Å²) < 4.78 is 61.3. The molecule has 1 heterocycles. The molecular formula is C18H27F3N4O2S. The second-order valence-electron chi connectivity index (χ2n) is 6.95. The second-order valence-corrected chi connectivity index (χ2v) is 8.88. The minimum atomic E-state index is -5.25. The maximum Gasteiger partial charge on any atom is 0.511 e. The van der Waals surface area contributed by atoms with Gasteiger partial charge in [0, 0.05) is 32.7 Å². The molecule has 1 fully saturated rings. The zero-order chi connectivity index (χ0) is 20.9. The molecule has 0 aromatic heterocycles. The van der Waals surface area contributed by atoms with Crippen LogP contribution in [0.4, 0.5) is 13.2 Å². The van der Waals surface area contributed by atoms with Crippen molar-refractivity contribution in [3.05, 3.63) is 34.9 Å². The number of guanidine groups is 1. The van der Waals surface area contributed by atoms with Crippen molar-refractivity contribution < 1.29 is 21.6 Å². The highest BCUT2D eigenvalue weighted by Gasteiger charge is 2.50. The summed E-state index contributed by atoms with van der Waals surface area (Å²) in [5, 5.41) is 6.36. The lowest BCUT2D eigenvalue weighted by molar-refractivity contribution is -0.0494. The Balaban J connectivity index is 1.81. The molecule has 1 saturated heterocycles. The summed E-state index contributed by atoms with van der Waals surface area (Å²) in [6.45, 7) is 4.44. The van der Waals surface area contributed by atoms with Crippen LogP contribution in [0.3, 0.4) is 0 Å². The van der Waals surface area contributed by atoms with E-state index in [1.807, 2.05) is 6.92 Å². The van der Waals surface area contributed by atoms with Crippen LogP contribution in [0.5, 0.6) is 0 Å². The van der Waals surface area contributed by atoms with Gasteiger partial charge in [-0.3, -0.25) is 4.99 Å². The van der Waals surface area contributed by atoms with Crippen LogP contribution in [-0.4, -0.2) is 56.9 Å². The van der Waals surface area contributed by atoms with Gasteiger partial charge in [0.25, 0.3) is 0 Å². The fourth-order valence-corrected chi connectivity index (χ4v) is 4.20. The summed E-state index contributed by atoms with van der Waals surface area (Å²) in [4.78, 5) is 4.14. The molecule has 2 N–H and O–H groups in total. The number of aryl methyl sites for hydroxylation is 2.